The summed E-state index contributed by atoms with van der Waals surface area (Å²) in [7, 11) is -7.00. The van der Waals surface area contributed by atoms with Crippen molar-refractivity contribution in [1.29, 1.82) is 0 Å². The zero-order valence-electron chi connectivity index (χ0n) is 28.4. The molecule has 1 spiro atoms. The Morgan fingerprint density at radius 3 is 1.80 bits per heavy atom. The van der Waals surface area contributed by atoms with Gasteiger partial charge in [0, 0.05) is 6.07 Å². The molecule has 0 aromatic carbocycles. The molecule has 12 heteroatoms. The topological polar surface area (TPSA) is 101 Å². The molecule has 236 valence electrons. The fourth-order valence-corrected chi connectivity index (χ4v) is 8.05. The highest BCUT2D eigenvalue weighted by molar-refractivity contribution is 6.75. The molecule has 1 N–H and O–H groups in total. The van der Waals surface area contributed by atoms with Gasteiger partial charge in [0.1, 0.15) is 24.4 Å². The van der Waals surface area contributed by atoms with Gasteiger partial charge in [0.05, 0.1) is 12.3 Å². The van der Waals surface area contributed by atoms with E-state index in [1.54, 1.807) is 0 Å². The summed E-state index contributed by atoms with van der Waals surface area (Å²) in [5.41, 5.74) is -0.599. The molecule has 0 bridgehead atoms. The van der Waals surface area contributed by atoms with Gasteiger partial charge in [0.15, 0.2) is 25.0 Å². The van der Waals surface area contributed by atoms with E-state index >= 15 is 0 Å². The van der Waals surface area contributed by atoms with E-state index in [4.69, 9.17) is 22.8 Å². The standard InChI is InChI=1S/C29H56N2O7Si3/c1-19-20-17-22(32)30-25(33)31(20)29(35-19)24(38-41(15,16)28(8,9)10)23(37-40(13,14)27(5,6)7)21(36-29)18-34-39(11,12)26(2,3)4/h17,19,21,23-24H,18H2,1-16H3,(H,30,32,33)/t19-,21+,23+,24+,29-/m0/s1. The second kappa shape index (κ2) is 10.6. The summed E-state index contributed by atoms with van der Waals surface area (Å²) in [5.74, 6) is -1.61. The van der Waals surface area contributed by atoms with E-state index in [1.165, 1.54) is 10.6 Å². The first kappa shape index (κ1) is 34.6. The number of nitrogens with zero attached hydrogens (tertiary/aromatic N) is 1. The number of aromatic nitrogens is 2. The van der Waals surface area contributed by atoms with E-state index in [-0.39, 0.29) is 21.7 Å². The summed E-state index contributed by atoms with van der Waals surface area (Å²) >= 11 is 0. The monoisotopic (exact) mass is 628 g/mol. The quantitative estimate of drug-likeness (QED) is 0.347. The summed E-state index contributed by atoms with van der Waals surface area (Å²) in [6.45, 7) is 35.1. The highest BCUT2D eigenvalue weighted by Gasteiger charge is 2.66. The second-order valence-electron chi connectivity index (χ2n) is 16.5. The van der Waals surface area contributed by atoms with Gasteiger partial charge in [-0.1, -0.05) is 62.3 Å². The minimum absolute atomic E-state index is 0.00247. The number of aromatic amines is 1. The minimum atomic E-state index is -2.46. The Bertz CT molecular complexity index is 1240. The number of rotatable bonds is 7. The van der Waals surface area contributed by atoms with Gasteiger partial charge >= 0.3 is 5.69 Å². The van der Waals surface area contributed by atoms with Crippen molar-refractivity contribution in [2.45, 2.75) is 154 Å². The molecule has 5 atom stereocenters. The van der Waals surface area contributed by atoms with Crippen LogP contribution in [-0.4, -0.2) is 59.4 Å². The van der Waals surface area contributed by atoms with E-state index in [9.17, 15) is 9.59 Å². The lowest BCUT2D eigenvalue weighted by Crippen LogP contribution is -2.59. The van der Waals surface area contributed by atoms with Crippen molar-refractivity contribution >= 4 is 25.0 Å². The number of hydrogen-bond acceptors (Lipinski definition) is 7. The summed E-state index contributed by atoms with van der Waals surface area (Å²) in [4.78, 5) is 28.3. The lowest BCUT2D eigenvalue weighted by molar-refractivity contribution is -0.309. The first-order valence-corrected chi connectivity index (χ1v) is 23.6. The molecular weight excluding hydrogens is 573 g/mol. The van der Waals surface area contributed by atoms with Gasteiger partial charge in [-0.05, 0) is 61.3 Å². The summed E-state index contributed by atoms with van der Waals surface area (Å²) < 4.78 is 36.0. The molecule has 2 aliphatic rings. The van der Waals surface area contributed by atoms with Crippen LogP contribution < -0.4 is 11.2 Å². The third-order valence-electron chi connectivity index (χ3n) is 10.3. The third kappa shape index (κ3) is 6.36. The van der Waals surface area contributed by atoms with Crippen molar-refractivity contribution in [3.63, 3.8) is 0 Å². The minimum Gasteiger partial charge on any atom is -0.414 e. The van der Waals surface area contributed by atoms with E-state index in [2.05, 4.69) is 107 Å². The molecule has 1 saturated heterocycles. The molecule has 2 aliphatic heterocycles. The summed E-state index contributed by atoms with van der Waals surface area (Å²) in [6, 6.07) is 1.41. The fraction of sp³-hybridized carbons (Fsp3) is 0.862. The number of ether oxygens (including phenoxy) is 2. The van der Waals surface area contributed by atoms with Crippen molar-refractivity contribution < 1.29 is 22.8 Å². The number of H-pyrrole nitrogens is 1. The van der Waals surface area contributed by atoms with Crippen molar-refractivity contribution in [3.05, 3.63) is 32.6 Å². The molecule has 1 aromatic heterocycles. The summed E-state index contributed by atoms with van der Waals surface area (Å²) in [6.07, 6.45) is -2.46. The molecule has 0 unspecified atom stereocenters. The highest BCUT2D eigenvalue weighted by atomic mass is 28.4. The van der Waals surface area contributed by atoms with Crippen LogP contribution in [0.3, 0.4) is 0 Å². The van der Waals surface area contributed by atoms with Crippen molar-refractivity contribution in [1.82, 2.24) is 9.55 Å². The van der Waals surface area contributed by atoms with Crippen LogP contribution in [0.2, 0.25) is 54.4 Å². The van der Waals surface area contributed by atoms with Gasteiger partial charge in [0.2, 0.25) is 0 Å². The SMILES string of the molecule is C[C@@H]1O[C@@]2(O[C@H](CO[Si](C)(C)C(C)(C)C)[C@@H](O[Si](C)(C)C(C)(C)C)[C@H]2O[Si](C)(C)C(C)(C)C)n2c1cc(=O)[nH]c2=O. The van der Waals surface area contributed by atoms with Gasteiger partial charge < -0.3 is 22.8 Å². The van der Waals surface area contributed by atoms with Crippen LogP contribution in [0.25, 0.3) is 0 Å². The van der Waals surface area contributed by atoms with Crippen LogP contribution in [-0.2, 0) is 28.7 Å². The highest BCUT2D eigenvalue weighted by Crippen LogP contribution is 2.52. The van der Waals surface area contributed by atoms with Gasteiger partial charge in [-0.25, -0.2) is 9.36 Å². The van der Waals surface area contributed by atoms with Crippen molar-refractivity contribution in [3.8, 4) is 0 Å². The van der Waals surface area contributed by atoms with E-state index < -0.39 is 66.5 Å². The Kier molecular flexibility index (Phi) is 8.98. The number of nitrogens with one attached hydrogen (secondary N) is 1. The Labute approximate surface area is 250 Å². The van der Waals surface area contributed by atoms with Gasteiger partial charge in [-0.2, -0.15) is 0 Å². The lowest BCUT2D eigenvalue weighted by atomic mass is 10.1. The van der Waals surface area contributed by atoms with Gasteiger partial charge in [-0.3, -0.25) is 9.78 Å². The largest absolute Gasteiger partial charge is 0.414 e. The Balaban J connectivity index is 2.26. The molecule has 0 saturated carbocycles. The first-order chi connectivity index (χ1) is 18.2. The number of fused-ring (bicyclic) bond motifs is 2. The zero-order valence-corrected chi connectivity index (χ0v) is 31.4. The lowest BCUT2D eigenvalue weighted by Gasteiger charge is -2.45. The normalized spacial score (nSPS) is 28.0. The molecule has 3 heterocycles. The molecule has 0 amide bonds. The van der Waals surface area contributed by atoms with Gasteiger partial charge in [-0.15, -0.1) is 0 Å². The van der Waals surface area contributed by atoms with Crippen LogP contribution in [0, 0.1) is 0 Å². The van der Waals surface area contributed by atoms with Crippen LogP contribution in [0.1, 0.15) is 81.0 Å². The molecule has 3 rings (SSSR count). The van der Waals surface area contributed by atoms with Crippen molar-refractivity contribution in [2.75, 3.05) is 6.61 Å². The predicted octanol–water partition coefficient (Wildman–Crippen LogP) is 6.44. The maximum absolute atomic E-state index is 13.5. The molecule has 41 heavy (non-hydrogen) atoms. The smallest absolute Gasteiger partial charge is 0.332 e. The molecule has 0 radical (unpaired) electrons. The average Bonchev–Trinajstić information content (AvgIpc) is 3.17. The Morgan fingerprint density at radius 2 is 1.32 bits per heavy atom. The average molecular weight is 629 g/mol. The van der Waals surface area contributed by atoms with E-state index in [0.29, 0.717) is 5.69 Å². The number of hydrogen-bond donors (Lipinski definition) is 1. The molecule has 9 nitrogen and oxygen atoms in total. The van der Waals surface area contributed by atoms with Crippen LogP contribution in [0.15, 0.2) is 15.7 Å². The van der Waals surface area contributed by atoms with Crippen LogP contribution in [0.5, 0.6) is 0 Å². The van der Waals surface area contributed by atoms with Crippen molar-refractivity contribution in [2.24, 2.45) is 0 Å². The Hall–Kier alpha value is -0.869. The van der Waals surface area contributed by atoms with E-state index in [1.807, 2.05) is 6.92 Å². The van der Waals surface area contributed by atoms with Gasteiger partial charge in [0.25, 0.3) is 11.5 Å². The predicted molar refractivity (Wildman–Crippen MR) is 171 cm³/mol. The maximum Gasteiger partial charge on any atom is 0.332 e. The fourth-order valence-electron chi connectivity index (χ4n) is 4.46. The molecular formula is C29H56N2O7Si3. The molecule has 1 aromatic rings. The summed E-state index contributed by atoms with van der Waals surface area (Å²) in [5, 5.41) is -0.217. The molecule has 1 fully saturated rings. The Morgan fingerprint density at radius 1 is 0.829 bits per heavy atom. The third-order valence-corrected chi connectivity index (χ3v) is 23.7. The van der Waals surface area contributed by atoms with E-state index in [0.717, 1.165) is 0 Å². The molecule has 0 aliphatic carbocycles. The van der Waals surface area contributed by atoms with Crippen LogP contribution >= 0.6 is 0 Å². The van der Waals surface area contributed by atoms with Crippen LogP contribution in [0.4, 0.5) is 0 Å². The second-order valence-corrected chi connectivity index (χ2v) is 30.8. The first-order valence-electron chi connectivity index (χ1n) is 14.9. The maximum atomic E-state index is 13.5. The zero-order chi connectivity index (χ0) is 31.8.